The number of piperidine rings is 1. The Kier molecular flexibility index (Phi) is 7.04. The highest BCUT2D eigenvalue weighted by Gasteiger charge is 2.22. The van der Waals surface area contributed by atoms with Gasteiger partial charge in [0.05, 0.1) is 6.20 Å². The number of allylic oxidation sites excluding steroid dienone is 2. The molecule has 1 fully saturated rings. The summed E-state index contributed by atoms with van der Waals surface area (Å²) in [6.07, 6.45) is 14.5. The standard InChI is InChI=1S/C27H35N3O2/c1-2-5-22(6-3-1)19-30-15-16-31-27-9-8-23(17-24(27)21-30)20-29-13-10-25(11-14-29)32-26-7-4-12-28-18-26/h1-2,4,7-9,12,17-18,22,25H,3,5-6,10-11,13-16,19-21H2. The fourth-order valence-electron chi connectivity index (χ4n) is 5.20. The van der Waals surface area contributed by atoms with E-state index < -0.39 is 0 Å². The Morgan fingerprint density at radius 1 is 1.03 bits per heavy atom. The molecule has 1 saturated heterocycles. The van der Waals surface area contributed by atoms with Crippen LogP contribution in [-0.2, 0) is 13.1 Å². The van der Waals surface area contributed by atoms with E-state index >= 15 is 0 Å². The molecule has 1 aliphatic carbocycles. The third-order valence-electron chi connectivity index (χ3n) is 6.96. The molecule has 3 heterocycles. The van der Waals surface area contributed by atoms with Gasteiger partial charge in [0.15, 0.2) is 0 Å². The summed E-state index contributed by atoms with van der Waals surface area (Å²) in [5.74, 6) is 2.74. The van der Waals surface area contributed by atoms with Gasteiger partial charge in [0.25, 0.3) is 0 Å². The highest BCUT2D eigenvalue weighted by Crippen LogP contribution is 2.28. The lowest BCUT2D eigenvalue weighted by Gasteiger charge is -2.32. The zero-order valence-electron chi connectivity index (χ0n) is 19.0. The second-order valence-corrected chi connectivity index (χ2v) is 9.46. The van der Waals surface area contributed by atoms with Gasteiger partial charge in [-0.2, -0.15) is 0 Å². The topological polar surface area (TPSA) is 37.8 Å². The van der Waals surface area contributed by atoms with Crippen molar-refractivity contribution in [2.45, 2.75) is 51.3 Å². The molecule has 170 valence electrons. The summed E-state index contributed by atoms with van der Waals surface area (Å²) >= 11 is 0. The molecule has 0 amide bonds. The predicted octanol–water partition coefficient (Wildman–Crippen LogP) is 4.68. The number of hydrogen-bond acceptors (Lipinski definition) is 5. The first-order valence-electron chi connectivity index (χ1n) is 12.2. The molecule has 5 nitrogen and oxygen atoms in total. The molecular weight excluding hydrogens is 398 g/mol. The molecule has 0 spiro atoms. The monoisotopic (exact) mass is 433 g/mol. The summed E-state index contributed by atoms with van der Waals surface area (Å²) in [6, 6.07) is 10.7. The largest absolute Gasteiger partial charge is 0.492 e. The molecule has 0 saturated carbocycles. The van der Waals surface area contributed by atoms with Gasteiger partial charge in [-0.15, -0.1) is 0 Å². The maximum Gasteiger partial charge on any atom is 0.137 e. The minimum atomic E-state index is 0.291. The first-order chi connectivity index (χ1) is 15.8. The second kappa shape index (κ2) is 10.5. The predicted molar refractivity (Wildman–Crippen MR) is 127 cm³/mol. The molecule has 5 rings (SSSR count). The number of nitrogens with zero attached hydrogens (tertiary/aromatic N) is 3. The number of benzene rings is 1. The molecule has 0 radical (unpaired) electrons. The molecule has 2 aliphatic heterocycles. The van der Waals surface area contributed by atoms with Crippen molar-refractivity contribution in [3.63, 3.8) is 0 Å². The Hall–Kier alpha value is -2.37. The smallest absolute Gasteiger partial charge is 0.137 e. The average Bonchev–Trinajstić information content (AvgIpc) is 3.03. The first-order valence-corrected chi connectivity index (χ1v) is 12.2. The van der Waals surface area contributed by atoms with Crippen LogP contribution in [0.5, 0.6) is 11.5 Å². The van der Waals surface area contributed by atoms with Gasteiger partial charge in [0, 0.05) is 51.0 Å². The SMILES string of the molecule is C1=CCC(CN2CCOc3ccc(CN4CCC(Oc5cccnc5)CC4)cc3C2)CC1. The van der Waals surface area contributed by atoms with E-state index in [0.29, 0.717) is 6.10 Å². The molecule has 0 N–H and O–H groups in total. The molecule has 0 bridgehead atoms. The van der Waals surface area contributed by atoms with E-state index in [9.17, 15) is 0 Å². The number of pyridine rings is 1. The molecule has 1 aromatic heterocycles. The molecule has 1 unspecified atom stereocenters. The first kappa shape index (κ1) is 21.5. The van der Waals surface area contributed by atoms with Gasteiger partial charge in [0.1, 0.15) is 24.2 Å². The molecule has 3 aliphatic rings. The van der Waals surface area contributed by atoms with Crippen LogP contribution in [0.4, 0.5) is 0 Å². The van der Waals surface area contributed by atoms with Gasteiger partial charge < -0.3 is 9.47 Å². The molecule has 1 atom stereocenters. The maximum absolute atomic E-state index is 6.10. The number of fused-ring (bicyclic) bond motifs is 1. The van der Waals surface area contributed by atoms with Crippen LogP contribution >= 0.6 is 0 Å². The Bertz CT molecular complexity index is 893. The van der Waals surface area contributed by atoms with Gasteiger partial charge in [0.2, 0.25) is 0 Å². The van der Waals surface area contributed by atoms with Crippen LogP contribution < -0.4 is 9.47 Å². The summed E-state index contributed by atoms with van der Waals surface area (Å²) in [5.41, 5.74) is 2.74. The van der Waals surface area contributed by atoms with E-state index in [-0.39, 0.29) is 0 Å². The van der Waals surface area contributed by atoms with Crippen molar-refractivity contribution in [3.8, 4) is 11.5 Å². The Labute approximate surface area is 192 Å². The lowest BCUT2D eigenvalue weighted by atomic mass is 9.94. The highest BCUT2D eigenvalue weighted by molar-refractivity contribution is 5.38. The molecule has 5 heteroatoms. The Morgan fingerprint density at radius 2 is 1.97 bits per heavy atom. The highest BCUT2D eigenvalue weighted by atomic mass is 16.5. The lowest BCUT2D eigenvalue weighted by Crippen LogP contribution is -2.37. The van der Waals surface area contributed by atoms with Crippen LogP contribution in [0.3, 0.4) is 0 Å². The number of hydrogen-bond donors (Lipinski definition) is 0. The lowest BCUT2D eigenvalue weighted by molar-refractivity contribution is 0.0965. The van der Waals surface area contributed by atoms with E-state index in [1.54, 1.807) is 12.4 Å². The number of rotatable bonds is 6. The zero-order valence-corrected chi connectivity index (χ0v) is 19.0. The van der Waals surface area contributed by atoms with Crippen LogP contribution in [0.1, 0.15) is 43.2 Å². The van der Waals surface area contributed by atoms with Crippen molar-refractivity contribution in [2.75, 3.05) is 32.8 Å². The summed E-state index contributed by atoms with van der Waals surface area (Å²) in [7, 11) is 0. The van der Waals surface area contributed by atoms with Gasteiger partial charge in [-0.3, -0.25) is 14.8 Å². The van der Waals surface area contributed by atoms with Crippen molar-refractivity contribution in [2.24, 2.45) is 5.92 Å². The van der Waals surface area contributed by atoms with Gasteiger partial charge in [-0.05, 0) is 67.9 Å². The maximum atomic E-state index is 6.10. The zero-order chi connectivity index (χ0) is 21.6. The van der Waals surface area contributed by atoms with Crippen molar-refractivity contribution < 1.29 is 9.47 Å². The fraction of sp³-hybridized carbons (Fsp3) is 0.519. The molecule has 2 aromatic rings. The van der Waals surface area contributed by atoms with E-state index in [1.165, 1.54) is 36.9 Å². The third kappa shape index (κ3) is 5.70. The number of aromatic nitrogens is 1. The third-order valence-corrected chi connectivity index (χ3v) is 6.96. The van der Waals surface area contributed by atoms with Crippen LogP contribution in [0.15, 0.2) is 54.9 Å². The van der Waals surface area contributed by atoms with Crippen LogP contribution in [0.25, 0.3) is 0 Å². The van der Waals surface area contributed by atoms with E-state index in [4.69, 9.17) is 9.47 Å². The minimum Gasteiger partial charge on any atom is -0.492 e. The minimum absolute atomic E-state index is 0.291. The van der Waals surface area contributed by atoms with E-state index in [0.717, 1.165) is 69.6 Å². The van der Waals surface area contributed by atoms with E-state index in [1.807, 2.05) is 12.1 Å². The molecule has 32 heavy (non-hydrogen) atoms. The number of likely N-dealkylation sites (tertiary alicyclic amines) is 1. The Morgan fingerprint density at radius 3 is 2.78 bits per heavy atom. The van der Waals surface area contributed by atoms with Gasteiger partial charge in [-0.25, -0.2) is 0 Å². The average molecular weight is 434 g/mol. The summed E-state index contributed by atoms with van der Waals surface area (Å²) < 4.78 is 12.2. The second-order valence-electron chi connectivity index (χ2n) is 9.46. The quantitative estimate of drug-likeness (QED) is 0.619. The van der Waals surface area contributed by atoms with Crippen LogP contribution in [0.2, 0.25) is 0 Å². The van der Waals surface area contributed by atoms with Crippen molar-refractivity contribution in [1.82, 2.24) is 14.8 Å². The summed E-state index contributed by atoms with van der Waals surface area (Å²) in [5, 5.41) is 0. The molecular formula is C27H35N3O2. The van der Waals surface area contributed by atoms with Gasteiger partial charge >= 0.3 is 0 Å². The van der Waals surface area contributed by atoms with Crippen molar-refractivity contribution in [1.29, 1.82) is 0 Å². The van der Waals surface area contributed by atoms with Crippen molar-refractivity contribution >= 4 is 0 Å². The molecule has 1 aromatic carbocycles. The fourth-order valence-corrected chi connectivity index (χ4v) is 5.20. The van der Waals surface area contributed by atoms with Crippen LogP contribution in [-0.4, -0.2) is 53.7 Å². The normalized spacial score (nSPS) is 22.7. The van der Waals surface area contributed by atoms with Gasteiger partial charge in [-0.1, -0.05) is 18.2 Å². The summed E-state index contributed by atoms with van der Waals surface area (Å²) in [4.78, 5) is 9.30. The van der Waals surface area contributed by atoms with Crippen molar-refractivity contribution in [3.05, 3.63) is 66.0 Å². The Balaban J connectivity index is 1.15. The number of ether oxygens (including phenoxy) is 2. The van der Waals surface area contributed by atoms with E-state index in [2.05, 4.69) is 45.1 Å². The van der Waals surface area contributed by atoms with Crippen LogP contribution in [0, 0.1) is 5.92 Å². The summed E-state index contributed by atoms with van der Waals surface area (Å²) in [6.45, 7) is 7.14.